The van der Waals surface area contributed by atoms with Crippen molar-refractivity contribution in [1.29, 1.82) is 0 Å². The highest BCUT2D eigenvalue weighted by Crippen LogP contribution is 2.30. The summed E-state index contributed by atoms with van der Waals surface area (Å²) in [6.45, 7) is 1.79. The van der Waals surface area contributed by atoms with Gasteiger partial charge in [-0.1, -0.05) is 13.0 Å². The van der Waals surface area contributed by atoms with Crippen LogP contribution in [0.5, 0.6) is 0 Å². The number of aromatic nitrogens is 3. The van der Waals surface area contributed by atoms with Gasteiger partial charge in [-0.25, -0.2) is 14.5 Å². The lowest BCUT2D eigenvalue weighted by molar-refractivity contribution is -0.137. The molecule has 2 aromatic rings. The Morgan fingerprint density at radius 2 is 2.15 bits per heavy atom. The van der Waals surface area contributed by atoms with Gasteiger partial charge < -0.3 is 5.73 Å². The van der Waals surface area contributed by atoms with Crippen LogP contribution in [-0.4, -0.2) is 14.8 Å². The number of rotatable bonds is 3. The van der Waals surface area contributed by atoms with E-state index in [1.807, 2.05) is 0 Å². The molecule has 8 heteroatoms. The van der Waals surface area contributed by atoms with Crippen LogP contribution in [0.3, 0.4) is 0 Å². The SMILES string of the molecule is CC[C@H](N)c1n[nH]c(=O)n1-c1cccc(C(F)(F)F)c1. The minimum Gasteiger partial charge on any atom is -0.321 e. The van der Waals surface area contributed by atoms with Crippen LogP contribution in [0.25, 0.3) is 5.69 Å². The van der Waals surface area contributed by atoms with Crippen molar-refractivity contribution >= 4 is 0 Å². The number of alkyl halides is 3. The second-order valence-electron chi connectivity index (χ2n) is 4.29. The summed E-state index contributed by atoms with van der Waals surface area (Å²) in [7, 11) is 0. The Bertz CT molecular complexity index is 659. The minimum atomic E-state index is -4.48. The number of hydrogen-bond acceptors (Lipinski definition) is 3. The van der Waals surface area contributed by atoms with Crippen molar-refractivity contribution < 1.29 is 13.2 Å². The van der Waals surface area contributed by atoms with E-state index in [0.717, 1.165) is 16.7 Å². The maximum absolute atomic E-state index is 12.7. The van der Waals surface area contributed by atoms with Crippen LogP contribution in [0.2, 0.25) is 0 Å². The van der Waals surface area contributed by atoms with Crippen LogP contribution in [0.4, 0.5) is 13.2 Å². The van der Waals surface area contributed by atoms with E-state index in [1.54, 1.807) is 6.92 Å². The summed E-state index contributed by atoms with van der Waals surface area (Å²) in [4.78, 5) is 11.7. The molecule has 0 aliphatic rings. The zero-order valence-electron chi connectivity index (χ0n) is 10.6. The Hall–Kier alpha value is -2.09. The summed E-state index contributed by atoms with van der Waals surface area (Å²) in [6, 6.07) is 3.93. The zero-order valence-corrected chi connectivity index (χ0v) is 10.6. The lowest BCUT2D eigenvalue weighted by Gasteiger charge is -2.12. The Kier molecular flexibility index (Phi) is 3.67. The normalized spacial score (nSPS) is 13.4. The molecule has 1 aromatic carbocycles. The molecule has 0 fully saturated rings. The third-order valence-corrected chi connectivity index (χ3v) is 2.90. The van der Waals surface area contributed by atoms with Crippen LogP contribution in [0.15, 0.2) is 29.1 Å². The third kappa shape index (κ3) is 2.60. The lowest BCUT2D eigenvalue weighted by Crippen LogP contribution is -2.22. The molecule has 0 amide bonds. The third-order valence-electron chi connectivity index (χ3n) is 2.90. The van der Waals surface area contributed by atoms with Crippen molar-refractivity contribution in [3.05, 3.63) is 46.1 Å². The average molecular weight is 286 g/mol. The first-order chi connectivity index (χ1) is 9.34. The van der Waals surface area contributed by atoms with Crippen LogP contribution in [0, 0.1) is 0 Å². The maximum Gasteiger partial charge on any atom is 0.416 e. The van der Waals surface area contributed by atoms with Crippen molar-refractivity contribution in [3.8, 4) is 5.69 Å². The number of benzene rings is 1. The van der Waals surface area contributed by atoms with E-state index < -0.39 is 23.5 Å². The molecule has 0 spiro atoms. The maximum atomic E-state index is 12.7. The number of nitrogens with one attached hydrogen (secondary N) is 1. The molecule has 0 aliphatic heterocycles. The molecule has 0 saturated carbocycles. The first-order valence-electron chi connectivity index (χ1n) is 5.95. The molecule has 0 bridgehead atoms. The number of nitrogens with two attached hydrogens (primary N) is 1. The lowest BCUT2D eigenvalue weighted by atomic mass is 10.1. The summed E-state index contributed by atoms with van der Waals surface area (Å²) in [5.41, 5.74) is 4.43. The Morgan fingerprint density at radius 1 is 1.45 bits per heavy atom. The summed E-state index contributed by atoms with van der Waals surface area (Å²) in [6.07, 6.45) is -3.97. The summed E-state index contributed by atoms with van der Waals surface area (Å²) >= 11 is 0. The van der Waals surface area contributed by atoms with Gasteiger partial charge in [0.1, 0.15) is 0 Å². The molecule has 2 rings (SSSR count). The molecule has 5 nitrogen and oxygen atoms in total. The van der Waals surface area contributed by atoms with Gasteiger partial charge >= 0.3 is 11.9 Å². The van der Waals surface area contributed by atoms with Crippen molar-refractivity contribution in [3.63, 3.8) is 0 Å². The van der Waals surface area contributed by atoms with Gasteiger partial charge in [0, 0.05) is 0 Å². The zero-order chi connectivity index (χ0) is 14.9. The predicted molar refractivity (Wildman–Crippen MR) is 66.4 cm³/mol. The number of hydrogen-bond donors (Lipinski definition) is 2. The molecule has 1 heterocycles. The highest BCUT2D eigenvalue weighted by Gasteiger charge is 2.31. The van der Waals surface area contributed by atoms with E-state index in [0.29, 0.717) is 6.42 Å². The van der Waals surface area contributed by atoms with Crippen molar-refractivity contribution in [2.45, 2.75) is 25.6 Å². The van der Waals surface area contributed by atoms with E-state index >= 15 is 0 Å². The van der Waals surface area contributed by atoms with Crippen molar-refractivity contribution in [2.75, 3.05) is 0 Å². The predicted octanol–water partition coefficient (Wildman–Crippen LogP) is 1.99. The van der Waals surface area contributed by atoms with Gasteiger partial charge in [-0.05, 0) is 24.6 Å². The smallest absolute Gasteiger partial charge is 0.321 e. The quantitative estimate of drug-likeness (QED) is 0.906. The van der Waals surface area contributed by atoms with Gasteiger partial charge in [0.15, 0.2) is 5.82 Å². The molecule has 1 aromatic heterocycles. The fourth-order valence-corrected chi connectivity index (χ4v) is 1.81. The molecule has 0 aliphatic carbocycles. The van der Waals surface area contributed by atoms with E-state index in [-0.39, 0.29) is 11.5 Å². The Labute approximate surface area is 112 Å². The fraction of sp³-hybridized carbons (Fsp3) is 0.333. The standard InChI is InChI=1S/C12H13F3N4O/c1-2-9(16)10-17-18-11(20)19(10)8-5-3-4-7(6-8)12(13,14)15/h3-6,9H,2,16H2,1H3,(H,18,20)/t9-/m0/s1. The van der Waals surface area contributed by atoms with Gasteiger partial charge in [0.05, 0.1) is 17.3 Å². The van der Waals surface area contributed by atoms with Gasteiger partial charge in [0.25, 0.3) is 0 Å². The molecule has 0 unspecified atom stereocenters. The second kappa shape index (κ2) is 5.12. The highest BCUT2D eigenvalue weighted by atomic mass is 19.4. The molecule has 0 radical (unpaired) electrons. The molecule has 0 saturated heterocycles. The number of aromatic amines is 1. The number of nitrogens with zero attached hydrogens (tertiary/aromatic N) is 2. The van der Waals surface area contributed by atoms with Gasteiger partial charge in [-0.2, -0.15) is 18.3 Å². The first kappa shape index (κ1) is 14.3. The van der Waals surface area contributed by atoms with Crippen molar-refractivity contribution in [2.24, 2.45) is 5.73 Å². The average Bonchev–Trinajstić information content (AvgIpc) is 2.79. The second-order valence-corrected chi connectivity index (χ2v) is 4.29. The summed E-state index contributed by atoms with van der Waals surface area (Å²) < 4.78 is 39.2. The Balaban J connectivity index is 2.58. The van der Waals surface area contributed by atoms with Crippen molar-refractivity contribution in [1.82, 2.24) is 14.8 Å². The van der Waals surface area contributed by atoms with Crippen LogP contribution in [-0.2, 0) is 6.18 Å². The number of halogens is 3. The van der Waals surface area contributed by atoms with Gasteiger partial charge in [0.2, 0.25) is 0 Å². The van der Waals surface area contributed by atoms with Gasteiger partial charge in [-0.3, -0.25) is 0 Å². The van der Waals surface area contributed by atoms with Crippen LogP contribution < -0.4 is 11.4 Å². The summed E-state index contributed by atoms with van der Waals surface area (Å²) in [5, 5.41) is 5.98. The largest absolute Gasteiger partial charge is 0.416 e. The van der Waals surface area contributed by atoms with E-state index in [4.69, 9.17) is 5.73 Å². The molecule has 1 atom stereocenters. The number of H-pyrrole nitrogens is 1. The molecular weight excluding hydrogens is 273 g/mol. The first-order valence-corrected chi connectivity index (χ1v) is 5.95. The van der Waals surface area contributed by atoms with E-state index in [1.165, 1.54) is 12.1 Å². The minimum absolute atomic E-state index is 0.0810. The molecular formula is C12H13F3N4O. The molecule has 108 valence electrons. The van der Waals surface area contributed by atoms with E-state index in [9.17, 15) is 18.0 Å². The summed E-state index contributed by atoms with van der Waals surface area (Å²) in [5.74, 6) is 0.205. The molecule has 3 N–H and O–H groups in total. The Morgan fingerprint density at radius 3 is 2.75 bits per heavy atom. The van der Waals surface area contributed by atoms with Crippen LogP contribution >= 0.6 is 0 Å². The highest BCUT2D eigenvalue weighted by molar-refractivity contribution is 5.38. The topological polar surface area (TPSA) is 76.7 Å². The van der Waals surface area contributed by atoms with E-state index in [2.05, 4.69) is 10.2 Å². The monoisotopic (exact) mass is 286 g/mol. The fourth-order valence-electron chi connectivity index (χ4n) is 1.81. The molecule has 20 heavy (non-hydrogen) atoms. The van der Waals surface area contributed by atoms with Gasteiger partial charge in [-0.15, -0.1) is 0 Å². The van der Waals surface area contributed by atoms with Crippen LogP contribution in [0.1, 0.15) is 30.8 Å².